The van der Waals surface area contributed by atoms with Crippen LogP contribution in [0.2, 0.25) is 0 Å². The largest absolute Gasteiger partial charge is 0.542 e. The minimum atomic E-state index is -1.23. The predicted octanol–water partition coefficient (Wildman–Crippen LogP) is -0.0222. The Morgan fingerprint density at radius 3 is 2.59 bits per heavy atom. The first-order chi connectivity index (χ1) is 14.9. The summed E-state index contributed by atoms with van der Waals surface area (Å²) in [6.07, 6.45) is 2.94. The van der Waals surface area contributed by atoms with Gasteiger partial charge in [0.25, 0.3) is 11.5 Å². The molecule has 3 aromatic rings. The van der Waals surface area contributed by atoms with Crippen LogP contribution in [0, 0.1) is 0 Å². The Labute approximate surface area is 196 Å². The number of H-pyrrole nitrogens is 1. The van der Waals surface area contributed by atoms with Crippen molar-refractivity contribution >= 4 is 41.0 Å². The van der Waals surface area contributed by atoms with Gasteiger partial charge in [-0.3, -0.25) is 20.9 Å². The first-order valence-corrected chi connectivity index (χ1v) is 9.11. The first kappa shape index (κ1) is 24.7. The summed E-state index contributed by atoms with van der Waals surface area (Å²) in [5, 5.41) is 14.6. The molecule has 0 spiro atoms. The Bertz CT molecular complexity index is 1180. The molecule has 0 fully saturated rings. The third-order valence-corrected chi connectivity index (χ3v) is 4.25. The maximum Gasteiger partial charge on any atom is 0.326 e. The van der Waals surface area contributed by atoms with Crippen LogP contribution in [-0.2, 0) is 38.5 Å². The van der Waals surface area contributed by atoms with Crippen LogP contribution >= 0.6 is 0 Å². The van der Waals surface area contributed by atoms with E-state index in [0.717, 1.165) is 0 Å². The van der Waals surface area contributed by atoms with Gasteiger partial charge in [-0.2, -0.15) is 4.98 Å². The number of carboxylic acids is 1. The maximum absolute atomic E-state index is 12.2. The molecule has 13 heteroatoms. The zero-order valence-corrected chi connectivity index (χ0v) is 18.7. The van der Waals surface area contributed by atoms with Crippen LogP contribution in [0.1, 0.15) is 28.9 Å². The van der Waals surface area contributed by atoms with Gasteiger partial charge in [-0.05, 0) is 30.7 Å². The van der Waals surface area contributed by atoms with Gasteiger partial charge < -0.3 is 26.3 Å². The molecular weight excluding hydrogens is 499 g/mol. The zero-order chi connectivity index (χ0) is 22.4. The van der Waals surface area contributed by atoms with E-state index in [9.17, 15) is 19.2 Å². The van der Waals surface area contributed by atoms with Gasteiger partial charge in [0.2, 0.25) is 5.95 Å². The van der Waals surface area contributed by atoms with E-state index in [-0.39, 0.29) is 64.4 Å². The monoisotopic (exact) mass is 517 g/mol. The Hall–Kier alpha value is -3.61. The van der Waals surface area contributed by atoms with E-state index < -0.39 is 23.5 Å². The molecule has 1 radical (unpaired) electrons. The number of aromatic amines is 1. The average molecular weight is 517 g/mol. The second-order valence-corrected chi connectivity index (χ2v) is 6.46. The molecule has 12 nitrogen and oxygen atoms in total. The molecule has 0 unspecified atom stereocenters. The number of hydrogen-bond acceptors (Lipinski definition) is 9. The van der Waals surface area contributed by atoms with Gasteiger partial charge in [0.1, 0.15) is 6.04 Å². The number of aliphatic carboxylic acids is 1. The number of nitrogens with two attached hydrogens (primary N) is 1. The average Bonchev–Trinajstić information content (AvgIpc) is 2.75. The second-order valence-electron chi connectivity index (χ2n) is 6.46. The number of aromatic nitrogens is 4. The summed E-state index contributed by atoms with van der Waals surface area (Å²) in [5.74, 6) is -1.84. The Morgan fingerprint density at radius 1 is 1.22 bits per heavy atom. The molecule has 2 heterocycles. The maximum atomic E-state index is 12.2. The third-order valence-electron chi connectivity index (χ3n) is 4.25. The van der Waals surface area contributed by atoms with Crippen LogP contribution < -0.4 is 21.9 Å². The molecule has 0 aliphatic heterocycles. The van der Waals surface area contributed by atoms with Crippen molar-refractivity contribution < 1.29 is 41.9 Å². The van der Waals surface area contributed by atoms with Crippen LogP contribution in [0.4, 0.5) is 11.6 Å². The molecule has 0 saturated carbocycles. The SMILES string of the molecule is Nc1nc2ncc(CNc3ccc(C(=O)N[C@@H](CC[C-]=O)C(=O)O)cc3)nc2c(=O)[nH]1.[Nb]. The summed E-state index contributed by atoms with van der Waals surface area (Å²) < 4.78 is 0. The molecular formula is C19H18N7NbO5-. The number of hydrogen-bond donors (Lipinski definition) is 5. The number of nitrogens with one attached hydrogen (secondary N) is 3. The van der Waals surface area contributed by atoms with Gasteiger partial charge >= 0.3 is 5.97 Å². The van der Waals surface area contributed by atoms with E-state index in [0.29, 0.717) is 11.4 Å². The van der Waals surface area contributed by atoms with Crippen LogP contribution in [0.15, 0.2) is 35.3 Å². The fourth-order valence-corrected chi connectivity index (χ4v) is 2.69. The van der Waals surface area contributed by atoms with Crippen LogP contribution in [0.5, 0.6) is 0 Å². The quantitative estimate of drug-likeness (QED) is 0.190. The number of nitrogens with zero attached hydrogens (tertiary/aromatic N) is 3. The van der Waals surface area contributed by atoms with Crippen molar-refractivity contribution in [1.82, 2.24) is 25.3 Å². The Balaban J connectivity index is 0.00000363. The molecule has 0 aliphatic carbocycles. The van der Waals surface area contributed by atoms with E-state index in [1.807, 2.05) is 0 Å². The Morgan fingerprint density at radius 2 is 1.94 bits per heavy atom. The number of fused-ring (bicyclic) bond motifs is 1. The molecule has 32 heavy (non-hydrogen) atoms. The fourth-order valence-electron chi connectivity index (χ4n) is 2.69. The van der Waals surface area contributed by atoms with Crippen molar-refractivity contribution in [3.05, 3.63) is 52.1 Å². The standard InChI is InChI=1S/C19H18N7O5.Nb/c20-19-25-15-14(17(29)26-19)23-12(9-22-15)8-21-11-5-3-10(4-6-11)16(28)24-13(18(30)31)2-1-7-27;/h3-6,9,13,21H,1-2,8H2,(H,24,28)(H,30,31)(H3,20,22,25,26,29);/q-1;/t13-;/m0./s1. The van der Waals surface area contributed by atoms with Gasteiger partial charge in [-0.25, -0.2) is 14.8 Å². The number of nitrogen functional groups attached to an aromatic ring is 1. The number of amides is 1. The molecule has 165 valence electrons. The minimum absolute atomic E-state index is 0. The van der Waals surface area contributed by atoms with Crippen LogP contribution in [-0.4, -0.2) is 49.2 Å². The normalized spacial score (nSPS) is 11.2. The molecule has 1 atom stereocenters. The van der Waals surface area contributed by atoms with Crippen LogP contribution in [0.3, 0.4) is 0 Å². The molecule has 0 saturated heterocycles. The minimum Gasteiger partial charge on any atom is -0.542 e. The number of carbonyl (C=O) groups is 2. The molecule has 0 aliphatic rings. The van der Waals surface area contributed by atoms with Gasteiger partial charge in [0.15, 0.2) is 11.2 Å². The number of carboxylic acid groups (broad SMARTS) is 1. The van der Waals surface area contributed by atoms with Gasteiger partial charge in [-0.15, -0.1) is 6.42 Å². The third kappa shape index (κ3) is 6.20. The second kappa shape index (κ2) is 11.1. The van der Waals surface area contributed by atoms with Gasteiger partial charge in [-0.1, -0.05) is 0 Å². The summed E-state index contributed by atoms with van der Waals surface area (Å²) in [7, 11) is 0. The van der Waals surface area contributed by atoms with Crippen molar-refractivity contribution in [3.8, 4) is 0 Å². The molecule has 0 bridgehead atoms. The van der Waals surface area contributed by atoms with Crippen molar-refractivity contribution in [2.45, 2.75) is 25.4 Å². The molecule has 1 aromatic carbocycles. The summed E-state index contributed by atoms with van der Waals surface area (Å²) in [5.41, 5.74) is 6.61. The van der Waals surface area contributed by atoms with Crippen molar-refractivity contribution in [2.75, 3.05) is 11.1 Å². The molecule has 3 rings (SSSR count). The topological polar surface area (TPSA) is 193 Å². The fraction of sp³-hybridized carbons (Fsp3) is 0.211. The summed E-state index contributed by atoms with van der Waals surface area (Å²) >= 11 is 0. The smallest absolute Gasteiger partial charge is 0.326 e. The summed E-state index contributed by atoms with van der Waals surface area (Å²) in [4.78, 5) is 60.2. The van der Waals surface area contributed by atoms with Crippen molar-refractivity contribution in [2.24, 2.45) is 0 Å². The molecule has 6 N–H and O–H groups in total. The summed E-state index contributed by atoms with van der Waals surface area (Å²) in [6.45, 7) is 0.252. The van der Waals surface area contributed by atoms with Crippen molar-refractivity contribution in [3.63, 3.8) is 0 Å². The summed E-state index contributed by atoms with van der Waals surface area (Å²) in [6, 6.07) is 5.13. The van der Waals surface area contributed by atoms with E-state index in [2.05, 4.69) is 30.6 Å². The van der Waals surface area contributed by atoms with Crippen LogP contribution in [0.25, 0.3) is 11.2 Å². The number of carbonyl (C=O) groups excluding carboxylic acids is 2. The van der Waals surface area contributed by atoms with E-state index in [1.165, 1.54) is 18.3 Å². The van der Waals surface area contributed by atoms with E-state index in [1.54, 1.807) is 18.4 Å². The van der Waals surface area contributed by atoms with Gasteiger partial charge in [0, 0.05) is 33.6 Å². The first-order valence-electron chi connectivity index (χ1n) is 9.11. The Kier molecular flexibility index (Phi) is 8.58. The molecule has 2 aromatic heterocycles. The number of anilines is 2. The molecule has 1 amide bonds. The van der Waals surface area contributed by atoms with E-state index in [4.69, 9.17) is 10.8 Å². The van der Waals surface area contributed by atoms with Gasteiger partial charge in [0.05, 0.1) is 18.4 Å². The van der Waals surface area contributed by atoms with E-state index >= 15 is 0 Å². The predicted molar refractivity (Wildman–Crippen MR) is 110 cm³/mol. The zero-order valence-electron chi connectivity index (χ0n) is 16.5. The number of benzene rings is 1. The van der Waals surface area contributed by atoms with Crippen molar-refractivity contribution in [1.29, 1.82) is 0 Å². The number of rotatable bonds is 9.